The fourth-order valence-electron chi connectivity index (χ4n) is 10.3. The molecule has 0 atom stereocenters. The zero-order chi connectivity index (χ0) is 70.4. The predicted molar refractivity (Wildman–Crippen MR) is 398 cm³/mol. The van der Waals surface area contributed by atoms with Crippen LogP contribution in [0.2, 0.25) is 0 Å². The van der Waals surface area contributed by atoms with Crippen molar-refractivity contribution in [3.8, 4) is 34.0 Å². The third kappa shape index (κ3) is 20.1. The molecule has 0 N–H and O–H groups in total. The van der Waals surface area contributed by atoms with Gasteiger partial charge in [-0.15, -0.1) is 0 Å². The maximum absolute atomic E-state index is 4.48. The van der Waals surface area contributed by atoms with Crippen LogP contribution < -0.4 is 18.3 Å². The minimum atomic E-state index is 0.880. The molecule has 0 saturated carbocycles. The standard InChI is InChI=1S/C22H23N2.C19H18N3.C11H12N3.C10H11N4.9C2H6/c1-12-8-7-9-17-19(12)22-18(10-23-11-24(22)6)21-16(5)14(3)13(2)15(4)20(17)21;1-13-10-16-14-6-4-5-7-18(14)22(3)19(16)11-15(13)17-8-9-20-12-21(17)2;1-9-5-3-4-6-10(9)11-13-7-12-8-14(11)2;1-8-3-4-11-5-9(8)10-13-6-12-7-14(10)2;9*1-2/h7-11H,1-6H3;4-12H,1-3H3;3-8H,1-2H3;3-7H,1-2H3;9*1-2H3/q4*+1;;;;;;;;;. The Morgan fingerprint density at radius 2 is 0.793 bits per heavy atom. The summed E-state index contributed by atoms with van der Waals surface area (Å²) in [6, 6.07) is 32.0. The summed E-state index contributed by atoms with van der Waals surface area (Å²) in [4.78, 5) is 29.1. The Kier molecular flexibility index (Phi) is 40.4. The molecule has 12 nitrogen and oxygen atoms in total. The molecule has 0 aliphatic rings. The van der Waals surface area contributed by atoms with Crippen molar-refractivity contribution in [2.45, 2.75) is 180 Å². The smallest absolute Gasteiger partial charge is 0.286 e. The van der Waals surface area contributed by atoms with Crippen LogP contribution >= 0.6 is 0 Å². The second-order valence-electron chi connectivity index (χ2n) is 19.2. The number of hydrogen-bond acceptors (Lipinski definition) is 7. The molecule has 12 rings (SSSR count). The number of para-hydroxylation sites is 1. The summed E-state index contributed by atoms with van der Waals surface area (Å²) >= 11 is 0. The van der Waals surface area contributed by atoms with Gasteiger partial charge in [0, 0.05) is 63.6 Å². The lowest BCUT2D eigenvalue weighted by Gasteiger charge is -2.18. The van der Waals surface area contributed by atoms with Gasteiger partial charge in [0.1, 0.15) is 17.4 Å². The number of fused-ring (bicyclic) bond motifs is 9. The molecule has 12 heteroatoms. The Labute approximate surface area is 556 Å². The number of rotatable bonds is 3. The van der Waals surface area contributed by atoms with Crippen molar-refractivity contribution < 1.29 is 18.3 Å². The predicted octanol–water partition coefficient (Wildman–Crippen LogP) is 19.6. The summed E-state index contributed by atoms with van der Waals surface area (Å²) in [7, 11) is 10.1. The van der Waals surface area contributed by atoms with E-state index in [2.05, 4.69) is 184 Å². The molecule has 0 unspecified atom stereocenters. The molecule has 0 fully saturated rings. The third-order valence-corrected chi connectivity index (χ3v) is 14.6. The van der Waals surface area contributed by atoms with E-state index in [1.807, 2.05) is 211 Å². The zero-order valence-corrected chi connectivity index (χ0v) is 62.8. The van der Waals surface area contributed by atoms with E-state index in [4.69, 9.17) is 0 Å². The number of nitrogens with zero attached hydrogens (tertiary/aromatic N) is 12. The summed E-state index contributed by atoms with van der Waals surface area (Å²) in [5, 5.41) is 9.31. The fourth-order valence-corrected chi connectivity index (χ4v) is 10.3. The van der Waals surface area contributed by atoms with Crippen molar-refractivity contribution >= 4 is 54.3 Å². The van der Waals surface area contributed by atoms with Crippen molar-refractivity contribution in [3.63, 3.8) is 0 Å². The lowest BCUT2D eigenvalue weighted by molar-refractivity contribution is -0.666. The quantitative estimate of drug-likeness (QED) is 0.128. The van der Waals surface area contributed by atoms with Crippen molar-refractivity contribution in [2.75, 3.05) is 0 Å². The Hall–Kier alpha value is -8.77. The lowest BCUT2D eigenvalue weighted by Crippen LogP contribution is -2.32. The van der Waals surface area contributed by atoms with E-state index in [0.717, 1.165) is 28.3 Å². The molecule has 0 spiro atoms. The first-order valence-electron chi connectivity index (χ1n) is 33.8. The highest BCUT2D eigenvalue weighted by Gasteiger charge is 2.21. The van der Waals surface area contributed by atoms with E-state index in [1.54, 1.807) is 31.5 Å². The monoisotopic (exact) mass is 1250 g/mol. The van der Waals surface area contributed by atoms with Crippen LogP contribution in [0.1, 0.15) is 169 Å². The van der Waals surface area contributed by atoms with Gasteiger partial charge in [0.05, 0.1) is 44.7 Å². The van der Waals surface area contributed by atoms with Gasteiger partial charge in [0.25, 0.3) is 37.0 Å². The van der Waals surface area contributed by atoms with Gasteiger partial charge in [0.2, 0.25) is 12.7 Å². The molecule has 92 heavy (non-hydrogen) atoms. The van der Waals surface area contributed by atoms with Crippen LogP contribution in [0.25, 0.3) is 88.3 Å². The molecule has 0 amide bonds. The molecule has 6 aromatic heterocycles. The van der Waals surface area contributed by atoms with Gasteiger partial charge in [-0.1, -0.05) is 209 Å². The first kappa shape index (κ1) is 83.2. The van der Waals surface area contributed by atoms with Crippen LogP contribution in [0.4, 0.5) is 0 Å². The molecule has 6 aromatic carbocycles. The van der Waals surface area contributed by atoms with Crippen LogP contribution in [0.3, 0.4) is 0 Å². The van der Waals surface area contributed by atoms with Crippen LogP contribution in [0.15, 0.2) is 154 Å². The van der Waals surface area contributed by atoms with Gasteiger partial charge < -0.3 is 4.57 Å². The molecular weight excluding hydrogens is 1130 g/mol. The van der Waals surface area contributed by atoms with E-state index >= 15 is 0 Å². The van der Waals surface area contributed by atoms with Crippen LogP contribution in [-0.2, 0) is 35.2 Å². The van der Waals surface area contributed by atoms with E-state index in [0.29, 0.717) is 0 Å². The zero-order valence-electron chi connectivity index (χ0n) is 62.8. The molecule has 0 bridgehead atoms. The maximum atomic E-state index is 4.48. The Bertz CT molecular complexity index is 3820. The topological polar surface area (TPSA) is 111 Å². The summed E-state index contributed by atoms with van der Waals surface area (Å²) in [5.41, 5.74) is 19.0. The minimum absolute atomic E-state index is 0.880. The van der Waals surface area contributed by atoms with E-state index in [1.165, 1.54) is 104 Å². The molecule has 0 aliphatic carbocycles. The normalized spacial score (nSPS) is 9.47. The Morgan fingerprint density at radius 3 is 1.34 bits per heavy atom. The molecule has 6 heterocycles. The second-order valence-corrected chi connectivity index (χ2v) is 19.2. The van der Waals surface area contributed by atoms with Crippen molar-refractivity contribution in [1.29, 1.82) is 0 Å². The van der Waals surface area contributed by atoms with Gasteiger partial charge in [-0.3, -0.25) is 4.98 Å². The number of hydrogen-bond donors (Lipinski definition) is 0. The van der Waals surface area contributed by atoms with Crippen LogP contribution in [0.5, 0.6) is 0 Å². The van der Waals surface area contributed by atoms with Crippen molar-refractivity contribution in [1.82, 2.24) is 39.5 Å². The SMILES string of the molecule is CC.CC.CC.CC.CC.CC.CC.CC.CC.Cc1c(C)c(C)c2c3cnc[n+](C)c3c3c(C)cccc3c2c1C.Cc1cc2c3ccccc3n(C)c2cc1-c1ccnc[n+]1C.Cc1ccccc1-c1ncnc[n+]1C.Cc1ccncc1-c1ncnc[n+]1C. The van der Waals surface area contributed by atoms with Gasteiger partial charge in [-0.2, -0.15) is 0 Å². The molecule has 0 radical (unpaired) electrons. The Morgan fingerprint density at radius 1 is 0.326 bits per heavy atom. The maximum Gasteiger partial charge on any atom is 0.286 e. The molecule has 494 valence electrons. The largest absolute Gasteiger partial charge is 0.344 e. The molecule has 0 saturated heterocycles. The number of aromatic nitrogens is 12. The highest BCUT2D eigenvalue weighted by molar-refractivity contribution is 6.26. The van der Waals surface area contributed by atoms with E-state index in [-0.39, 0.29) is 0 Å². The highest BCUT2D eigenvalue weighted by Crippen LogP contribution is 2.40. The minimum Gasteiger partial charge on any atom is -0.344 e. The number of benzene rings is 6. The number of pyridine rings is 1. The third-order valence-electron chi connectivity index (χ3n) is 14.6. The lowest BCUT2D eigenvalue weighted by atomic mass is 9.86. The summed E-state index contributed by atoms with van der Waals surface area (Å²) in [6.07, 6.45) is 17.8. The first-order chi connectivity index (χ1) is 44.7. The Balaban J connectivity index is 0.00000113. The average molecular weight is 1250 g/mol. The number of aryl methyl sites for hydroxylation is 11. The van der Waals surface area contributed by atoms with Gasteiger partial charge in [-0.25, -0.2) is 18.3 Å². The van der Waals surface area contributed by atoms with Crippen molar-refractivity contribution in [2.24, 2.45) is 35.2 Å². The van der Waals surface area contributed by atoms with Crippen LogP contribution in [0, 0.1) is 55.4 Å². The van der Waals surface area contributed by atoms with Crippen LogP contribution in [-0.4, -0.2) is 39.5 Å². The summed E-state index contributed by atoms with van der Waals surface area (Å²) in [6.45, 7) is 53.5. The van der Waals surface area contributed by atoms with Crippen molar-refractivity contribution in [3.05, 3.63) is 198 Å². The second kappa shape index (κ2) is 44.7. The molecule has 0 aliphatic heterocycles. The first-order valence-corrected chi connectivity index (χ1v) is 33.8. The highest BCUT2D eigenvalue weighted by atomic mass is 15.1. The average Bonchev–Trinajstić information content (AvgIpc) is 0.847. The summed E-state index contributed by atoms with van der Waals surface area (Å²) < 4.78 is 10.3. The fraction of sp³-hybridized carbons (Fsp3) is 0.388. The van der Waals surface area contributed by atoms with E-state index < -0.39 is 0 Å². The van der Waals surface area contributed by atoms with Gasteiger partial charge in [0.15, 0.2) is 6.20 Å². The molecular formula is C80H118N12+4. The molecule has 12 aromatic rings. The van der Waals surface area contributed by atoms with E-state index in [9.17, 15) is 0 Å². The van der Waals surface area contributed by atoms with Gasteiger partial charge in [-0.05, 0) is 141 Å². The summed E-state index contributed by atoms with van der Waals surface area (Å²) in [5.74, 6) is 1.82. The van der Waals surface area contributed by atoms with Gasteiger partial charge >= 0.3 is 0 Å².